The molecule has 0 heterocycles. The van der Waals surface area contributed by atoms with E-state index in [2.05, 4.69) is 11.4 Å². The number of nitrogens with one attached hydrogen (secondary N) is 1. The lowest BCUT2D eigenvalue weighted by molar-refractivity contribution is 0.216. The van der Waals surface area contributed by atoms with Crippen LogP contribution < -0.4 is 5.32 Å². The highest BCUT2D eigenvalue weighted by molar-refractivity contribution is 7.92. The molecule has 0 fully saturated rings. The molecule has 0 amide bonds. The molecule has 2 rings (SSSR count). The van der Waals surface area contributed by atoms with Crippen LogP contribution in [0.3, 0.4) is 0 Å². The first-order valence-corrected chi connectivity index (χ1v) is 8.77. The summed E-state index contributed by atoms with van der Waals surface area (Å²) < 4.78 is 30.1. The van der Waals surface area contributed by atoms with E-state index in [-0.39, 0.29) is 23.7 Å². The Morgan fingerprint density at radius 3 is 2.80 bits per heavy atom. The minimum absolute atomic E-state index is 0.0918. The van der Waals surface area contributed by atoms with Gasteiger partial charge in [0.05, 0.1) is 17.6 Å². The van der Waals surface area contributed by atoms with E-state index < -0.39 is 9.84 Å². The lowest BCUT2D eigenvalue weighted by atomic mass is 9.99. The number of benzene rings is 1. The third-order valence-electron chi connectivity index (χ3n) is 4.04. The maximum Gasteiger partial charge on any atom is 0.157 e. The number of fused-ring (bicyclic) bond motifs is 1. The Bertz CT molecular complexity index is 542. The fourth-order valence-corrected chi connectivity index (χ4v) is 4.93. The molecule has 0 radical (unpaired) electrons. The molecule has 0 bridgehead atoms. The molecule has 5 heteroatoms. The first-order valence-electron chi connectivity index (χ1n) is 7.05. The molecule has 1 aliphatic rings. The van der Waals surface area contributed by atoms with E-state index in [1.807, 2.05) is 25.2 Å². The SMILES string of the molecule is CNC1c2ccccc2CCCC1S(=O)(=O)CCOC. The first kappa shape index (κ1) is 15.5. The topological polar surface area (TPSA) is 55.4 Å². The Balaban J connectivity index is 2.35. The molecule has 112 valence electrons. The summed E-state index contributed by atoms with van der Waals surface area (Å²) in [7, 11) is 0.214. The van der Waals surface area contributed by atoms with E-state index >= 15 is 0 Å². The van der Waals surface area contributed by atoms with Crippen LogP contribution in [0.4, 0.5) is 0 Å². The van der Waals surface area contributed by atoms with Gasteiger partial charge in [0.1, 0.15) is 0 Å². The largest absolute Gasteiger partial charge is 0.384 e. The highest BCUT2D eigenvalue weighted by Crippen LogP contribution is 2.32. The van der Waals surface area contributed by atoms with Crippen LogP contribution in [0, 0.1) is 0 Å². The van der Waals surface area contributed by atoms with Gasteiger partial charge < -0.3 is 10.1 Å². The predicted octanol–water partition coefficient (Wildman–Crippen LogP) is 1.71. The number of hydrogen-bond acceptors (Lipinski definition) is 4. The summed E-state index contributed by atoms with van der Waals surface area (Å²) in [5, 5.41) is 2.84. The molecular formula is C15H23NO3S. The van der Waals surface area contributed by atoms with Crippen LogP contribution >= 0.6 is 0 Å². The van der Waals surface area contributed by atoms with Crippen molar-refractivity contribution in [3.8, 4) is 0 Å². The Hall–Kier alpha value is -0.910. The summed E-state index contributed by atoms with van der Waals surface area (Å²) in [6.45, 7) is 0.261. The van der Waals surface area contributed by atoms with E-state index in [1.54, 1.807) is 0 Å². The van der Waals surface area contributed by atoms with E-state index in [0.29, 0.717) is 6.42 Å². The monoisotopic (exact) mass is 297 g/mol. The van der Waals surface area contributed by atoms with Crippen molar-refractivity contribution >= 4 is 9.84 Å². The third kappa shape index (κ3) is 3.22. The first-order chi connectivity index (χ1) is 9.60. The Kier molecular flexibility index (Phi) is 5.18. The number of rotatable bonds is 5. The molecule has 1 aliphatic carbocycles. The van der Waals surface area contributed by atoms with Crippen LogP contribution in [0.1, 0.15) is 30.0 Å². The molecule has 1 aromatic carbocycles. The molecule has 2 unspecified atom stereocenters. The standard InChI is InChI=1S/C15H23NO3S/c1-16-15-13-8-4-3-6-12(13)7-5-9-14(15)20(17,18)11-10-19-2/h3-4,6,8,14-16H,5,7,9-11H2,1-2H3. The van der Waals surface area contributed by atoms with Gasteiger partial charge in [-0.05, 0) is 37.4 Å². The summed E-state index contributed by atoms with van der Waals surface area (Å²) >= 11 is 0. The van der Waals surface area contributed by atoms with Crippen molar-refractivity contribution in [1.82, 2.24) is 5.32 Å². The van der Waals surface area contributed by atoms with Crippen molar-refractivity contribution in [3.63, 3.8) is 0 Å². The highest BCUT2D eigenvalue weighted by Gasteiger charge is 2.35. The Labute approximate surface area is 121 Å². The summed E-state index contributed by atoms with van der Waals surface area (Å²) in [5.41, 5.74) is 2.38. The smallest absolute Gasteiger partial charge is 0.157 e. The van der Waals surface area contributed by atoms with Gasteiger partial charge in [0.15, 0.2) is 9.84 Å². The van der Waals surface area contributed by atoms with Crippen molar-refractivity contribution in [1.29, 1.82) is 0 Å². The minimum atomic E-state index is -3.16. The van der Waals surface area contributed by atoms with Crippen LogP contribution in [0.25, 0.3) is 0 Å². The summed E-state index contributed by atoms with van der Waals surface area (Å²) in [6.07, 6.45) is 2.56. The second-order valence-electron chi connectivity index (χ2n) is 5.26. The Morgan fingerprint density at radius 2 is 2.10 bits per heavy atom. The fraction of sp³-hybridized carbons (Fsp3) is 0.600. The lowest BCUT2D eigenvalue weighted by Gasteiger charge is -2.26. The second-order valence-corrected chi connectivity index (χ2v) is 7.60. The summed E-state index contributed by atoms with van der Waals surface area (Å²) in [4.78, 5) is 0. The number of sulfone groups is 1. The van der Waals surface area contributed by atoms with Gasteiger partial charge in [-0.2, -0.15) is 0 Å². The van der Waals surface area contributed by atoms with Crippen molar-refractivity contribution in [2.45, 2.75) is 30.6 Å². The zero-order valence-corrected chi connectivity index (χ0v) is 12.9. The van der Waals surface area contributed by atoms with Crippen LogP contribution in [0.5, 0.6) is 0 Å². The lowest BCUT2D eigenvalue weighted by Crippen LogP contribution is -2.37. The maximum atomic E-state index is 12.6. The Morgan fingerprint density at radius 1 is 1.35 bits per heavy atom. The van der Waals surface area contributed by atoms with Gasteiger partial charge in [-0.15, -0.1) is 0 Å². The third-order valence-corrected chi connectivity index (χ3v) is 6.21. The van der Waals surface area contributed by atoms with Crippen molar-refractivity contribution in [3.05, 3.63) is 35.4 Å². The number of aryl methyl sites for hydroxylation is 1. The van der Waals surface area contributed by atoms with E-state index in [9.17, 15) is 8.42 Å². The number of methoxy groups -OCH3 is 1. The van der Waals surface area contributed by atoms with Crippen LogP contribution in [0.2, 0.25) is 0 Å². The van der Waals surface area contributed by atoms with Crippen molar-refractivity contribution in [2.24, 2.45) is 0 Å². The van der Waals surface area contributed by atoms with Gasteiger partial charge in [-0.3, -0.25) is 0 Å². The van der Waals surface area contributed by atoms with Gasteiger partial charge in [0.2, 0.25) is 0 Å². The average molecular weight is 297 g/mol. The normalized spacial score (nSPS) is 23.1. The average Bonchev–Trinajstić information content (AvgIpc) is 2.64. The molecule has 2 atom stereocenters. The van der Waals surface area contributed by atoms with Crippen LogP contribution in [-0.4, -0.2) is 40.2 Å². The molecule has 0 aromatic heterocycles. The maximum absolute atomic E-state index is 12.6. The zero-order chi connectivity index (χ0) is 14.6. The van der Waals surface area contributed by atoms with Gasteiger partial charge >= 0.3 is 0 Å². The fourth-order valence-electron chi connectivity index (χ4n) is 3.01. The van der Waals surface area contributed by atoms with E-state index in [1.165, 1.54) is 12.7 Å². The molecule has 0 saturated heterocycles. The van der Waals surface area contributed by atoms with E-state index in [0.717, 1.165) is 18.4 Å². The van der Waals surface area contributed by atoms with Crippen LogP contribution in [0.15, 0.2) is 24.3 Å². The summed E-state index contributed by atoms with van der Waals surface area (Å²) in [6, 6.07) is 8.01. The number of hydrogen-bond donors (Lipinski definition) is 1. The predicted molar refractivity (Wildman–Crippen MR) is 80.6 cm³/mol. The zero-order valence-electron chi connectivity index (χ0n) is 12.1. The van der Waals surface area contributed by atoms with E-state index in [4.69, 9.17) is 4.74 Å². The van der Waals surface area contributed by atoms with Gasteiger partial charge in [0.25, 0.3) is 0 Å². The molecular weight excluding hydrogens is 274 g/mol. The molecule has 0 saturated carbocycles. The highest BCUT2D eigenvalue weighted by atomic mass is 32.2. The number of ether oxygens (including phenoxy) is 1. The van der Waals surface area contributed by atoms with Gasteiger partial charge in [-0.1, -0.05) is 24.3 Å². The molecule has 1 N–H and O–H groups in total. The second kappa shape index (κ2) is 6.70. The molecule has 1 aromatic rings. The molecule has 4 nitrogen and oxygen atoms in total. The molecule has 0 spiro atoms. The van der Waals surface area contributed by atoms with Gasteiger partial charge in [-0.25, -0.2) is 8.42 Å². The quantitative estimate of drug-likeness (QED) is 0.841. The minimum Gasteiger partial charge on any atom is -0.384 e. The molecule has 0 aliphatic heterocycles. The van der Waals surface area contributed by atoms with Gasteiger partial charge in [0, 0.05) is 13.2 Å². The van der Waals surface area contributed by atoms with Crippen molar-refractivity contribution < 1.29 is 13.2 Å². The van der Waals surface area contributed by atoms with Crippen LogP contribution in [-0.2, 0) is 21.0 Å². The van der Waals surface area contributed by atoms with Crippen molar-refractivity contribution in [2.75, 3.05) is 26.5 Å². The summed E-state index contributed by atoms with van der Waals surface area (Å²) in [5.74, 6) is 0.0918. The molecule has 20 heavy (non-hydrogen) atoms.